The zero-order valence-corrected chi connectivity index (χ0v) is 11.1. The first-order valence-electron chi connectivity index (χ1n) is 6.18. The third kappa shape index (κ3) is 5.68. The van der Waals surface area contributed by atoms with E-state index in [1.807, 2.05) is 31.2 Å². The zero-order chi connectivity index (χ0) is 13.2. The monoisotopic (exact) mass is 251 g/mol. The molecule has 1 N–H and O–H groups in total. The predicted octanol–water partition coefficient (Wildman–Crippen LogP) is 1.92. The Balaban J connectivity index is 2.12. The zero-order valence-electron chi connectivity index (χ0n) is 11.1. The smallest absolute Gasteiger partial charge is 0.220 e. The minimum absolute atomic E-state index is 0.0421. The summed E-state index contributed by atoms with van der Waals surface area (Å²) in [5, 5.41) is 2.77. The van der Waals surface area contributed by atoms with Gasteiger partial charge in [0, 0.05) is 20.1 Å². The van der Waals surface area contributed by atoms with Crippen molar-refractivity contribution in [2.24, 2.45) is 0 Å². The quantitative estimate of drug-likeness (QED) is 0.718. The Morgan fingerprint density at radius 1 is 1.28 bits per heavy atom. The van der Waals surface area contributed by atoms with Crippen molar-refractivity contribution in [3.05, 3.63) is 29.8 Å². The van der Waals surface area contributed by atoms with Crippen LogP contribution in [-0.4, -0.2) is 32.8 Å². The summed E-state index contributed by atoms with van der Waals surface area (Å²) in [7, 11) is 1.61. The minimum atomic E-state index is 0.0421. The fraction of sp³-hybridized carbons (Fsp3) is 0.500. The summed E-state index contributed by atoms with van der Waals surface area (Å²) in [4.78, 5) is 11.4. The second-order valence-electron chi connectivity index (χ2n) is 4.06. The van der Waals surface area contributed by atoms with Gasteiger partial charge in [0.25, 0.3) is 0 Å². The molecular formula is C14H21NO3. The summed E-state index contributed by atoms with van der Waals surface area (Å²) < 4.78 is 10.5. The number of ether oxygens (including phenoxy) is 2. The second-order valence-corrected chi connectivity index (χ2v) is 4.06. The van der Waals surface area contributed by atoms with Crippen molar-refractivity contribution in [2.75, 3.05) is 26.9 Å². The van der Waals surface area contributed by atoms with Crippen molar-refractivity contribution >= 4 is 5.91 Å². The lowest BCUT2D eigenvalue weighted by Gasteiger charge is -2.08. The molecule has 0 aromatic heterocycles. The molecule has 0 unspecified atom stereocenters. The minimum Gasteiger partial charge on any atom is -0.493 e. The Morgan fingerprint density at radius 3 is 2.78 bits per heavy atom. The number of nitrogens with one attached hydrogen (secondary N) is 1. The van der Waals surface area contributed by atoms with Crippen molar-refractivity contribution in [1.82, 2.24) is 5.32 Å². The number of hydrogen-bond acceptors (Lipinski definition) is 3. The van der Waals surface area contributed by atoms with E-state index >= 15 is 0 Å². The largest absolute Gasteiger partial charge is 0.493 e. The number of carbonyl (C=O) groups excluding carboxylic acids is 1. The molecule has 1 amide bonds. The Labute approximate surface area is 108 Å². The summed E-state index contributed by atoms with van der Waals surface area (Å²) in [5.74, 6) is 0.928. The highest BCUT2D eigenvalue weighted by atomic mass is 16.5. The Morgan fingerprint density at radius 2 is 2.06 bits per heavy atom. The first-order chi connectivity index (χ1) is 8.74. The summed E-state index contributed by atoms with van der Waals surface area (Å²) in [5.41, 5.74) is 1.11. The summed E-state index contributed by atoms with van der Waals surface area (Å²) in [6.45, 7) is 3.68. The highest BCUT2D eigenvalue weighted by Gasteiger charge is 2.01. The van der Waals surface area contributed by atoms with Crippen molar-refractivity contribution in [3.63, 3.8) is 0 Å². The number of aryl methyl sites for hydroxylation is 1. The molecule has 0 saturated heterocycles. The molecule has 0 saturated carbocycles. The lowest BCUT2D eigenvalue weighted by molar-refractivity contribution is -0.121. The molecule has 0 aliphatic rings. The summed E-state index contributed by atoms with van der Waals surface area (Å²) in [6.07, 6.45) is 1.20. The van der Waals surface area contributed by atoms with Crippen molar-refractivity contribution in [1.29, 1.82) is 0 Å². The van der Waals surface area contributed by atoms with E-state index in [-0.39, 0.29) is 5.91 Å². The number of benzene rings is 1. The molecule has 0 radical (unpaired) electrons. The molecule has 0 fully saturated rings. The van der Waals surface area contributed by atoms with E-state index in [2.05, 4.69) is 5.32 Å². The molecule has 4 nitrogen and oxygen atoms in total. The van der Waals surface area contributed by atoms with E-state index in [0.717, 1.165) is 11.3 Å². The highest BCUT2D eigenvalue weighted by molar-refractivity contribution is 5.75. The maximum atomic E-state index is 11.4. The van der Waals surface area contributed by atoms with E-state index in [1.165, 1.54) is 0 Å². The molecule has 0 heterocycles. The molecule has 0 aliphatic carbocycles. The van der Waals surface area contributed by atoms with Crippen molar-refractivity contribution < 1.29 is 14.3 Å². The maximum Gasteiger partial charge on any atom is 0.220 e. The van der Waals surface area contributed by atoms with Gasteiger partial charge in [-0.3, -0.25) is 4.79 Å². The van der Waals surface area contributed by atoms with Crippen LogP contribution in [0.3, 0.4) is 0 Å². The van der Waals surface area contributed by atoms with E-state index in [0.29, 0.717) is 32.6 Å². The molecule has 0 atom stereocenters. The number of carbonyl (C=O) groups is 1. The first kappa shape index (κ1) is 14.5. The molecule has 1 rings (SSSR count). The molecule has 1 aromatic carbocycles. The van der Waals surface area contributed by atoms with Crippen molar-refractivity contribution in [3.8, 4) is 5.75 Å². The normalized spacial score (nSPS) is 10.1. The molecular weight excluding hydrogens is 230 g/mol. The van der Waals surface area contributed by atoms with Gasteiger partial charge in [-0.2, -0.15) is 0 Å². The van der Waals surface area contributed by atoms with Crippen LogP contribution < -0.4 is 10.1 Å². The fourth-order valence-electron chi connectivity index (χ4n) is 1.51. The molecule has 100 valence electrons. The Kier molecular flexibility index (Phi) is 6.87. The average Bonchev–Trinajstić information content (AvgIpc) is 2.37. The van der Waals surface area contributed by atoms with E-state index in [9.17, 15) is 4.79 Å². The third-order valence-corrected chi connectivity index (χ3v) is 2.53. The summed E-state index contributed by atoms with van der Waals surface area (Å²) in [6, 6.07) is 7.87. The van der Waals surface area contributed by atoms with Crippen LogP contribution in [0.25, 0.3) is 0 Å². The van der Waals surface area contributed by atoms with Crippen LogP contribution in [-0.2, 0) is 9.53 Å². The average molecular weight is 251 g/mol. The van der Waals surface area contributed by atoms with Crippen LogP contribution in [0.2, 0.25) is 0 Å². The first-order valence-corrected chi connectivity index (χ1v) is 6.18. The van der Waals surface area contributed by atoms with Crippen LogP contribution in [0.15, 0.2) is 24.3 Å². The maximum absolute atomic E-state index is 11.4. The number of amides is 1. The molecule has 0 spiro atoms. The Hall–Kier alpha value is -1.55. The van der Waals surface area contributed by atoms with Gasteiger partial charge >= 0.3 is 0 Å². The molecule has 4 heteroatoms. The molecule has 1 aromatic rings. The van der Waals surface area contributed by atoms with Gasteiger partial charge in [0.2, 0.25) is 5.91 Å². The van der Waals surface area contributed by atoms with Gasteiger partial charge in [0.05, 0.1) is 13.2 Å². The van der Waals surface area contributed by atoms with Crippen molar-refractivity contribution in [2.45, 2.75) is 19.8 Å². The van der Waals surface area contributed by atoms with Crippen LogP contribution >= 0.6 is 0 Å². The van der Waals surface area contributed by atoms with E-state index < -0.39 is 0 Å². The van der Waals surface area contributed by atoms with Gasteiger partial charge in [-0.05, 0) is 25.0 Å². The number of rotatable bonds is 8. The fourth-order valence-corrected chi connectivity index (χ4v) is 1.51. The van der Waals surface area contributed by atoms with Gasteiger partial charge in [-0.25, -0.2) is 0 Å². The third-order valence-electron chi connectivity index (χ3n) is 2.53. The van der Waals surface area contributed by atoms with Crippen LogP contribution in [0.5, 0.6) is 5.75 Å². The lowest BCUT2D eigenvalue weighted by atomic mass is 10.2. The topological polar surface area (TPSA) is 47.6 Å². The standard InChI is InChI=1S/C14H21NO3/c1-12-6-3-4-7-13(12)18-10-5-8-14(16)15-9-11-17-2/h3-4,6-7H,5,8-11H2,1-2H3,(H,15,16). The Bertz CT molecular complexity index is 366. The number of methoxy groups -OCH3 is 1. The predicted molar refractivity (Wildman–Crippen MR) is 70.8 cm³/mol. The van der Waals surface area contributed by atoms with Gasteiger partial charge in [-0.15, -0.1) is 0 Å². The van der Waals surface area contributed by atoms with Crippen LogP contribution in [0.4, 0.5) is 0 Å². The molecule has 0 bridgehead atoms. The second kappa shape index (κ2) is 8.53. The lowest BCUT2D eigenvalue weighted by Crippen LogP contribution is -2.26. The SMILES string of the molecule is COCCNC(=O)CCCOc1ccccc1C. The van der Waals surface area contributed by atoms with Gasteiger partial charge in [0.15, 0.2) is 0 Å². The van der Waals surface area contributed by atoms with Gasteiger partial charge < -0.3 is 14.8 Å². The van der Waals surface area contributed by atoms with E-state index in [4.69, 9.17) is 9.47 Å². The number of para-hydroxylation sites is 1. The van der Waals surface area contributed by atoms with Gasteiger partial charge in [-0.1, -0.05) is 18.2 Å². The van der Waals surface area contributed by atoms with Gasteiger partial charge in [0.1, 0.15) is 5.75 Å². The highest BCUT2D eigenvalue weighted by Crippen LogP contribution is 2.16. The van der Waals surface area contributed by atoms with E-state index in [1.54, 1.807) is 7.11 Å². The molecule has 18 heavy (non-hydrogen) atoms. The summed E-state index contributed by atoms with van der Waals surface area (Å²) >= 11 is 0. The van der Waals surface area contributed by atoms with Crippen LogP contribution in [0.1, 0.15) is 18.4 Å². The number of hydrogen-bond donors (Lipinski definition) is 1. The van der Waals surface area contributed by atoms with Crippen LogP contribution in [0, 0.1) is 6.92 Å². The molecule has 0 aliphatic heterocycles.